The smallest absolute Gasteiger partial charge is 0.0952 e. The highest BCUT2D eigenvalue weighted by atomic mass is 79.9. The molecule has 1 aromatic carbocycles. The van der Waals surface area contributed by atoms with Gasteiger partial charge in [-0.25, -0.2) is 0 Å². The Balaban J connectivity index is 1.69. The fourth-order valence-electron chi connectivity index (χ4n) is 2.53. The predicted octanol–water partition coefficient (Wildman–Crippen LogP) is 3.05. The molecule has 106 valence electrons. The van der Waals surface area contributed by atoms with Crippen LogP contribution in [0, 0.1) is 6.92 Å². The maximum Gasteiger partial charge on any atom is 0.0952 e. The van der Waals surface area contributed by atoms with E-state index in [-0.39, 0.29) is 6.10 Å². The lowest BCUT2D eigenvalue weighted by Gasteiger charge is -2.33. The molecule has 1 aromatic heterocycles. The zero-order chi connectivity index (χ0) is 13.9. The van der Waals surface area contributed by atoms with Gasteiger partial charge in [-0.1, -0.05) is 28.1 Å². The predicted molar refractivity (Wildman–Crippen MR) is 81.4 cm³/mol. The summed E-state index contributed by atoms with van der Waals surface area (Å²) in [4.78, 5) is 2.42. The molecule has 2 aromatic rings. The minimum atomic E-state index is 0.147. The van der Waals surface area contributed by atoms with Crippen LogP contribution in [0.2, 0.25) is 0 Å². The van der Waals surface area contributed by atoms with E-state index in [0.29, 0.717) is 0 Å². The Morgan fingerprint density at radius 2 is 2.40 bits per heavy atom. The summed E-state index contributed by atoms with van der Waals surface area (Å²) in [6.45, 7) is 5.65. The summed E-state index contributed by atoms with van der Waals surface area (Å²) in [5, 5.41) is 7.08. The first-order valence-electron chi connectivity index (χ1n) is 6.80. The van der Waals surface area contributed by atoms with Crippen molar-refractivity contribution in [3.63, 3.8) is 0 Å². The van der Waals surface area contributed by atoms with Crippen LogP contribution in [0.4, 0.5) is 0 Å². The fourth-order valence-corrected chi connectivity index (χ4v) is 2.95. The Bertz CT molecular complexity index is 584. The van der Waals surface area contributed by atoms with Gasteiger partial charge in [0.2, 0.25) is 0 Å². The summed E-state index contributed by atoms with van der Waals surface area (Å²) < 4.78 is 7.01. The topological polar surface area (TPSA) is 41.2 Å². The van der Waals surface area contributed by atoms with E-state index >= 15 is 0 Å². The second kappa shape index (κ2) is 6.08. The number of ether oxygens (including phenoxy) is 1. The fraction of sp³-hybridized carbons (Fsp3) is 0.400. The minimum Gasteiger partial charge on any atom is -0.371 e. The Hall–Kier alpha value is -1.17. The van der Waals surface area contributed by atoms with Crippen LogP contribution in [0.3, 0.4) is 0 Å². The average Bonchev–Trinajstić information content (AvgIpc) is 2.85. The molecule has 0 saturated carbocycles. The molecule has 1 atom stereocenters. The van der Waals surface area contributed by atoms with Crippen LogP contribution in [-0.2, 0) is 11.3 Å². The summed E-state index contributed by atoms with van der Waals surface area (Å²) in [5.74, 6) is 0. The molecule has 20 heavy (non-hydrogen) atoms. The second-order valence-electron chi connectivity index (χ2n) is 5.17. The Morgan fingerprint density at radius 3 is 3.15 bits per heavy atom. The van der Waals surface area contributed by atoms with Gasteiger partial charge in [0.1, 0.15) is 0 Å². The molecule has 1 fully saturated rings. The maximum absolute atomic E-state index is 5.91. The number of morpholine rings is 1. The van der Waals surface area contributed by atoms with E-state index in [1.165, 1.54) is 11.1 Å². The van der Waals surface area contributed by atoms with Gasteiger partial charge in [-0.3, -0.25) is 10.00 Å². The van der Waals surface area contributed by atoms with Gasteiger partial charge in [0.25, 0.3) is 0 Å². The highest BCUT2D eigenvalue weighted by Crippen LogP contribution is 2.25. The van der Waals surface area contributed by atoms with Crippen LogP contribution in [0.25, 0.3) is 0 Å². The number of rotatable bonds is 3. The van der Waals surface area contributed by atoms with Crippen molar-refractivity contribution in [2.45, 2.75) is 19.6 Å². The molecule has 3 rings (SSSR count). The molecule has 4 nitrogen and oxygen atoms in total. The lowest BCUT2D eigenvalue weighted by molar-refractivity contribution is -0.0330. The van der Waals surface area contributed by atoms with Crippen molar-refractivity contribution in [3.05, 3.63) is 51.8 Å². The van der Waals surface area contributed by atoms with E-state index in [9.17, 15) is 0 Å². The molecule has 5 heteroatoms. The number of aromatic amines is 1. The van der Waals surface area contributed by atoms with E-state index in [1.807, 2.05) is 12.3 Å². The second-order valence-corrected chi connectivity index (χ2v) is 6.09. The van der Waals surface area contributed by atoms with Crippen LogP contribution in [-0.4, -0.2) is 34.8 Å². The van der Waals surface area contributed by atoms with E-state index < -0.39 is 0 Å². The zero-order valence-electron chi connectivity index (χ0n) is 11.5. The third-order valence-electron chi connectivity index (χ3n) is 3.70. The highest BCUT2D eigenvalue weighted by molar-refractivity contribution is 9.10. The van der Waals surface area contributed by atoms with Crippen LogP contribution in [0.5, 0.6) is 0 Å². The van der Waals surface area contributed by atoms with Gasteiger partial charge in [0.15, 0.2) is 0 Å². The molecule has 0 aliphatic carbocycles. The Kier molecular flexibility index (Phi) is 4.19. The van der Waals surface area contributed by atoms with Crippen LogP contribution in [0.15, 0.2) is 34.9 Å². The molecule has 0 spiro atoms. The summed E-state index contributed by atoms with van der Waals surface area (Å²) in [7, 11) is 0. The van der Waals surface area contributed by atoms with Crippen molar-refractivity contribution in [2.75, 3.05) is 19.7 Å². The molecule has 1 saturated heterocycles. The summed E-state index contributed by atoms with van der Waals surface area (Å²) in [6.07, 6.45) is 2.06. The van der Waals surface area contributed by atoms with Crippen molar-refractivity contribution >= 4 is 15.9 Å². The first-order chi connectivity index (χ1) is 9.72. The summed E-state index contributed by atoms with van der Waals surface area (Å²) >= 11 is 3.52. The number of nitrogens with one attached hydrogen (secondary N) is 1. The van der Waals surface area contributed by atoms with E-state index in [4.69, 9.17) is 4.74 Å². The van der Waals surface area contributed by atoms with Crippen molar-refractivity contribution < 1.29 is 4.74 Å². The van der Waals surface area contributed by atoms with Gasteiger partial charge < -0.3 is 4.74 Å². The molecule has 1 N–H and O–H groups in total. The first-order valence-corrected chi connectivity index (χ1v) is 7.60. The molecule has 0 radical (unpaired) electrons. The van der Waals surface area contributed by atoms with Gasteiger partial charge in [-0.05, 0) is 24.6 Å². The summed E-state index contributed by atoms with van der Waals surface area (Å²) in [6, 6.07) is 8.36. The van der Waals surface area contributed by atoms with Gasteiger partial charge >= 0.3 is 0 Å². The highest BCUT2D eigenvalue weighted by Gasteiger charge is 2.22. The SMILES string of the molecule is Cc1[nH]ncc1CN1CCOC(c2cccc(Br)c2)C1. The van der Waals surface area contributed by atoms with Crippen LogP contribution >= 0.6 is 15.9 Å². The largest absolute Gasteiger partial charge is 0.371 e. The van der Waals surface area contributed by atoms with Crippen molar-refractivity contribution in [3.8, 4) is 0 Å². The molecule has 0 bridgehead atoms. The Labute approximate surface area is 127 Å². The third-order valence-corrected chi connectivity index (χ3v) is 4.19. The van der Waals surface area contributed by atoms with Crippen molar-refractivity contribution in [1.82, 2.24) is 15.1 Å². The molecule has 1 aliphatic rings. The molecular weight excluding hydrogens is 318 g/mol. The number of aromatic nitrogens is 2. The number of benzene rings is 1. The molecule has 1 unspecified atom stereocenters. The van der Waals surface area contributed by atoms with E-state index in [2.05, 4.69) is 56.2 Å². The van der Waals surface area contributed by atoms with Crippen molar-refractivity contribution in [1.29, 1.82) is 0 Å². The van der Waals surface area contributed by atoms with E-state index in [0.717, 1.165) is 36.4 Å². The monoisotopic (exact) mass is 335 g/mol. The number of H-pyrrole nitrogens is 1. The van der Waals surface area contributed by atoms with Crippen molar-refractivity contribution in [2.24, 2.45) is 0 Å². The van der Waals surface area contributed by atoms with Gasteiger partial charge in [0.05, 0.1) is 18.9 Å². The number of aryl methyl sites for hydroxylation is 1. The Morgan fingerprint density at radius 1 is 1.50 bits per heavy atom. The average molecular weight is 336 g/mol. The number of halogens is 1. The number of hydrogen-bond acceptors (Lipinski definition) is 3. The summed E-state index contributed by atoms with van der Waals surface area (Å²) in [5.41, 5.74) is 3.64. The first kappa shape index (κ1) is 13.8. The van der Waals surface area contributed by atoms with Gasteiger partial charge in [0, 0.05) is 35.4 Å². The molecular formula is C15H18BrN3O. The van der Waals surface area contributed by atoms with Crippen LogP contribution < -0.4 is 0 Å². The number of hydrogen-bond donors (Lipinski definition) is 1. The quantitative estimate of drug-likeness (QED) is 0.937. The maximum atomic E-state index is 5.91. The normalized spacial score (nSPS) is 20.2. The van der Waals surface area contributed by atoms with Crippen LogP contribution in [0.1, 0.15) is 22.9 Å². The lowest BCUT2D eigenvalue weighted by atomic mass is 10.1. The standard InChI is InChI=1S/C15H18BrN3O/c1-11-13(8-17-18-11)9-19-5-6-20-15(10-19)12-3-2-4-14(16)7-12/h2-4,7-8,15H,5-6,9-10H2,1H3,(H,17,18). The minimum absolute atomic E-state index is 0.147. The molecule has 2 heterocycles. The third kappa shape index (κ3) is 3.11. The molecule has 0 amide bonds. The lowest BCUT2D eigenvalue weighted by Crippen LogP contribution is -2.37. The number of nitrogens with zero attached hydrogens (tertiary/aromatic N) is 2. The molecule has 1 aliphatic heterocycles. The van der Waals surface area contributed by atoms with Gasteiger partial charge in [-0.2, -0.15) is 5.10 Å². The van der Waals surface area contributed by atoms with Gasteiger partial charge in [-0.15, -0.1) is 0 Å². The zero-order valence-corrected chi connectivity index (χ0v) is 13.1. The van der Waals surface area contributed by atoms with E-state index in [1.54, 1.807) is 0 Å².